The first-order chi connectivity index (χ1) is 13.8. The highest BCUT2D eigenvalue weighted by atomic mass is 16.7. The van der Waals surface area contributed by atoms with E-state index in [0.717, 1.165) is 44.9 Å². The smallest absolute Gasteiger partial charge is 0.178 e. The van der Waals surface area contributed by atoms with Gasteiger partial charge in [0.1, 0.15) is 0 Å². The molecule has 0 amide bonds. The van der Waals surface area contributed by atoms with Crippen LogP contribution in [-0.4, -0.2) is 29.6 Å². The van der Waals surface area contributed by atoms with E-state index in [1.807, 2.05) is 6.08 Å². The fraction of sp³-hybridized carbons (Fsp3) is 0.760. The van der Waals surface area contributed by atoms with Gasteiger partial charge in [0.15, 0.2) is 23.5 Å². The van der Waals surface area contributed by atoms with Crippen LogP contribution in [0.4, 0.5) is 0 Å². The van der Waals surface area contributed by atoms with Crippen LogP contribution in [0.1, 0.15) is 72.6 Å². The quantitative estimate of drug-likeness (QED) is 0.687. The van der Waals surface area contributed by atoms with Gasteiger partial charge in [-0.15, -0.1) is 0 Å². The molecule has 5 aliphatic rings. The number of Topliss-reactive ketones (excluding diaryl/α,β-unsaturated/α-hetero) is 1. The minimum atomic E-state index is -0.780. The zero-order valence-corrected chi connectivity index (χ0v) is 18.2. The van der Waals surface area contributed by atoms with E-state index in [4.69, 9.17) is 9.47 Å². The molecule has 4 heteroatoms. The van der Waals surface area contributed by atoms with Crippen LogP contribution >= 0.6 is 0 Å². The van der Waals surface area contributed by atoms with Crippen LogP contribution in [0.15, 0.2) is 23.8 Å². The van der Waals surface area contributed by atoms with E-state index < -0.39 is 5.60 Å². The Morgan fingerprint density at radius 1 is 1.24 bits per heavy atom. The van der Waals surface area contributed by atoms with Crippen LogP contribution in [0.5, 0.6) is 0 Å². The van der Waals surface area contributed by atoms with Gasteiger partial charge in [0, 0.05) is 10.8 Å². The maximum Gasteiger partial charge on any atom is 0.178 e. The molecule has 0 spiro atoms. The summed E-state index contributed by atoms with van der Waals surface area (Å²) < 4.78 is 12.9. The lowest BCUT2D eigenvalue weighted by Gasteiger charge is -2.58. The van der Waals surface area contributed by atoms with E-state index in [2.05, 4.69) is 26.8 Å². The second kappa shape index (κ2) is 6.37. The number of ether oxygens (including phenoxy) is 2. The molecule has 29 heavy (non-hydrogen) atoms. The van der Waals surface area contributed by atoms with Crippen molar-refractivity contribution < 1.29 is 19.1 Å². The predicted octanol–water partition coefficient (Wildman–Crippen LogP) is 4.77. The second-order valence-electron chi connectivity index (χ2n) is 10.5. The molecule has 1 saturated heterocycles. The summed E-state index contributed by atoms with van der Waals surface area (Å²) in [5.41, 5.74) is 0.340. The van der Waals surface area contributed by atoms with Gasteiger partial charge < -0.3 is 9.47 Å². The standard InChI is InChI=1S/C25H34O4/c1-5-6-22-28-21-14-20-18-8-7-16-13-17(27)9-11-23(16,3)19(18)10-12-24(20,4)25(21,29-22)15(2)26/h9,11,13,18-22H,5-8,10,12,14H2,1-4H3/t18-,19+,20+,21?,22?,23+,24+,25-/m1/s1. The highest BCUT2D eigenvalue weighted by molar-refractivity contribution is 6.01. The van der Waals surface area contributed by atoms with Gasteiger partial charge in [-0.3, -0.25) is 9.59 Å². The Morgan fingerprint density at radius 2 is 2.03 bits per heavy atom. The van der Waals surface area contributed by atoms with Crippen molar-refractivity contribution in [3.63, 3.8) is 0 Å². The molecule has 2 unspecified atom stereocenters. The van der Waals surface area contributed by atoms with Gasteiger partial charge in [0.25, 0.3) is 0 Å². The van der Waals surface area contributed by atoms with E-state index in [-0.39, 0.29) is 34.8 Å². The Balaban J connectivity index is 1.51. The summed E-state index contributed by atoms with van der Waals surface area (Å²) in [5, 5.41) is 0. The number of carbonyl (C=O) groups is 2. The molecule has 0 radical (unpaired) electrons. The van der Waals surface area contributed by atoms with Crippen LogP contribution in [0, 0.1) is 28.6 Å². The summed E-state index contributed by atoms with van der Waals surface area (Å²) in [4.78, 5) is 25.0. The van der Waals surface area contributed by atoms with E-state index in [0.29, 0.717) is 17.8 Å². The fourth-order valence-corrected chi connectivity index (χ4v) is 8.03. The minimum absolute atomic E-state index is 0.0221. The SMILES string of the molecule is CCCC1OC2C[C@H]3[C@@H]4CCC5=CC(=O)C=C[C@]5(C)[C@H]4CC[C@]3(C)[C@]2(C(C)=O)O1. The lowest BCUT2D eigenvalue weighted by Crippen LogP contribution is -2.59. The maximum atomic E-state index is 13.1. The average Bonchev–Trinajstić information content (AvgIpc) is 3.15. The fourth-order valence-electron chi connectivity index (χ4n) is 8.03. The number of carbonyl (C=O) groups excluding carboxylic acids is 2. The minimum Gasteiger partial charge on any atom is -0.346 e. The van der Waals surface area contributed by atoms with Crippen LogP contribution in [0.3, 0.4) is 0 Å². The summed E-state index contributed by atoms with van der Waals surface area (Å²) in [6.45, 7) is 8.47. The van der Waals surface area contributed by atoms with Gasteiger partial charge in [-0.25, -0.2) is 0 Å². The van der Waals surface area contributed by atoms with E-state index in [1.165, 1.54) is 5.57 Å². The van der Waals surface area contributed by atoms with E-state index >= 15 is 0 Å². The monoisotopic (exact) mass is 398 g/mol. The van der Waals surface area contributed by atoms with Crippen LogP contribution in [0.25, 0.3) is 0 Å². The molecule has 0 aromatic carbocycles. The average molecular weight is 399 g/mol. The third-order valence-corrected chi connectivity index (χ3v) is 9.40. The highest BCUT2D eigenvalue weighted by Crippen LogP contribution is 2.69. The van der Waals surface area contributed by atoms with Gasteiger partial charge in [-0.05, 0) is 75.4 Å². The highest BCUT2D eigenvalue weighted by Gasteiger charge is 2.73. The molecule has 0 N–H and O–H groups in total. The summed E-state index contributed by atoms with van der Waals surface area (Å²) in [7, 11) is 0. The Morgan fingerprint density at radius 3 is 2.76 bits per heavy atom. The largest absolute Gasteiger partial charge is 0.346 e. The molecule has 1 heterocycles. The van der Waals surface area contributed by atoms with Gasteiger partial charge in [-0.1, -0.05) is 38.8 Å². The van der Waals surface area contributed by atoms with Crippen molar-refractivity contribution in [1.82, 2.24) is 0 Å². The van der Waals surface area contributed by atoms with Crippen molar-refractivity contribution in [1.29, 1.82) is 0 Å². The molecule has 8 atom stereocenters. The van der Waals surface area contributed by atoms with Crippen LogP contribution in [-0.2, 0) is 19.1 Å². The van der Waals surface area contributed by atoms with E-state index in [1.54, 1.807) is 13.0 Å². The number of allylic oxidation sites excluding steroid dienone is 4. The number of ketones is 2. The van der Waals surface area contributed by atoms with Crippen molar-refractivity contribution >= 4 is 11.6 Å². The van der Waals surface area contributed by atoms with E-state index in [9.17, 15) is 9.59 Å². The molecular formula is C25H34O4. The first-order valence-electron chi connectivity index (χ1n) is 11.5. The Kier molecular flexibility index (Phi) is 4.32. The zero-order chi connectivity index (χ0) is 20.6. The molecule has 4 aliphatic carbocycles. The van der Waals surface area contributed by atoms with Crippen LogP contribution < -0.4 is 0 Å². The Hall–Kier alpha value is -1.26. The molecular weight excluding hydrogens is 364 g/mol. The molecule has 1 aliphatic heterocycles. The van der Waals surface area contributed by atoms with Gasteiger partial charge in [0.2, 0.25) is 0 Å². The lowest BCUT2D eigenvalue weighted by molar-refractivity contribution is -0.182. The maximum absolute atomic E-state index is 13.1. The van der Waals surface area contributed by atoms with Gasteiger partial charge in [-0.2, -0.15) is 0 Å². The second-order valence-corrected chi connectivity index (χ2v) is 10.5. The first-order valence-corrected chi connectivity index (χ1v) is 11.5. The number of rotatable bonds is 3. The summed E-state index contributed by atoms with van der Waals surface area (Å²) in [5.74, 6) is 1.79. The lowest BCUT2D eigenvalue weighted by atomic mass is 9.47. The van der Waals surface area contributed by atoms with Gasteiger partial charge >= 0.3 is 0 Å². The zero-order valence-electron chi connectivity index (χ0n) is 18.2. The first kappa shape index (κ1) is 19.7. The molecule has 5 rings (SSSR count). The molecule has 0 aromatic rings. The third kappa shape index (κ3) is 2.39. The number of hydrogen-bond donors (Lipinski definition) is 0. The summed E-state index contributed by atoms with van der Waals surface area (Å²) >= 11 is 0. The van der Waals surface area contributed by atoms with Crippen molar-refractivity contribution in [2.45, 2.75) is 90.6 Å². The van der Waals surface area contributed by atoms with Crippen molar-refractivity contribution in [3.8, 4) is 0 Å². The Bertz CT molecular complexity index is 812. The predicted molar refractivity (Wildman–Crippen MR) is 110 cm³/mol. The molecule has 4 nitrogen and oxygen atoms in total. The normalized spacial score (nSPS) is 50.4. The summed E-state index contributed by atoms with van der Waals surface area (Å²) in [6.07, 6.45) is 12.4. The van der Waals surface area contributed by atoms with Crippen LogP contribution in [0.2, 0.25) is 0 Å². The molecule has 4 fully saturated rings. The third-order valence-electron chi connectivity index (χ3n) is 9.40. The number of hydrogen-bond acceptors (Lipinski definition) is 4. The molecule has 3 saturated carbocycles. The molecule has 0 aromatic heterocycles. The summed E-state index contributed by atoms with van der Waals surface area (Å²) in [6, 6.07) is 0. The molecule has 158 valence electrons. The molecule has 0 bridgehead atoms. The van der Waals surface area contributed by atoms with Crippen molar-refractivity contribution in [3.05, 3.63) is 23.8 Å². The number of fused-ring (bicyclic) bond motifs is 7. The van der Waals surface area contributed by atoms with Crippen molar-refractivity contribution in [2.75, 3.05) is 0 Å². The Labute approximate surface area is 174 Å². The van der Waals surface area contributed by atoms with Gasteiger partial charge in [0.05, 0.1) is 6.10 Å². The topological polar surface area (TPSA) is 52.6 Å². The van der Waals surface area contributed by atoms with Crippen molar-refractivity contribution in [2.24, 2.45) is 28.6 Å².